The minimum atomic E-state index is -0.206. The van der Waals surface area contributed by atoms with Gasteiger partial charge >= 0.3 is 0 Å². The van der Waals surface area contributed by atoms with Crippen LogP contribution in [0.3, 0.4) is 0 Å². The monoisotopic (exact) mass is 255 g/mol. The highest BCUT2D eigenvalue weighted by Gasteiger charge is 2.11. The summed E-state index contributed by atoms with van der Waals surface area (Å²) in [6.45, 7) is 7.64. The summed E-state index contributed by atoms with van der Waals surface area (Å²) in [4.78, 5) is 20.5. The fourth-order valence-electron chi connectivity index (χ4n) is 1.91. The zero-order chi connectivity index (χ0) is 14.0. The van der Waals surface area contributed by atoms with Gasteiger partial charge in [-0.15, -0.1) is 0 Å². The van der Waals surface area contributed by atoms with Crippen LogP contribution in [0.1, 0.15) is 33.1 Å². The van der Waals surface area contributed by atoms with Crippen molar-refractivity contribution in [1.29, 1.82) is 0 Å². The van der Waals surface area contributed by atoms with Crippen molar-refractivity contribution in [3.05, 3.63) is 52.6 Å². The number of benzene rings is 1. The number of rotatable bonds is 2. The molecule has 0 unspecified atom stereocenters. The Kier molecular flexibility index (Phi) is 3.60. The van der Waals surface area contributed by atoms with Crippen molar-refractivity contribution in [1.82, 2.24) is 9.97 Å². The molecule has 19 heavy (non-hydrogen) atoms. The van der Waals surface area contributed by atoms with Crippen LogP contribution in [0, 0.1) is 27.7 Å². The van der Waals surface area contributed by atoms with Gasteiger partial charge in [-0.2, -0.15) is 0 Å². The molecule has 0 radical (unpaired) electrons. The summed E-state index contributed by atoms with van der Waals surface area (Å²) in [5.74, 6) is 0.397. The topological polar surface area (TPSA) is 54.9 Å². The maximum absolute atomic E-state index is 12.2. The second-order valence-corrected chi connectivity index (χ2v) is 4.64. The largest absolute Gasteiger partial charge is 0.320 e. The van der Waals surface area contributed by atoms with Gasteiger partial charge in [0.1, 0.15) is 11.5 Å². The van der Waals surface area contributed by atoms with Crippen molar-refractivity contribution in [2.45, 2.75) is 27.7 Å². The average molecular weight is 255 g/mol. The van der Waals surface area contributed by atoms with E-state index in [0.717, 1.165) is 22.5 Å². The summed E-state index contributed by atoms with van der Waals surface area (Å²) in [6.07, 6.45) is 0. The van der Waals surface area contributed by atoms with Gasteiger partial charge in [-0.1, -0.05) is 12.1 Å². The molecule has 0 bridgehead atoms. The predicted molar refractivity (Wildman–Crippen MR) is 75.4 cm³/mol. The molecular weight excluding hydrogens is 238 g/mol. The number of carbonyl (C=O) groups is 1. The van der Waals surface area contributed by atoms with Crippen LogP contribution >= 0.6 is 0 Å². The third-order valence-corrected chi connectivity index (χ3v) is 3.05. The van der Waals surface area contributed by atoms with E-state index in [-0.39, 0.29) is 5.91 Å². The van der Waals surface area contributed by atoms with E-state index in [1.165, 1.54) is 0 Å². The summed E-state index contributed by atoms with van der Waals surface area (Å²) in [5, 5.41) is 2.89. The number of nitrogens with zero attached hydrogens (tertiary/aromatic N) is 2. The average Bonchev–Trinajstić information content (AvgIpc) is 2.33. The summed E-state index contributed by atoms with van der Waals surface area (Å²) in [6, 6.07) is 7.52. The molecule has 0 aliphatic carbocycles. The number of amides is 1. The fourth-order valence-corrected chi connectivity index (χ4v) is 1.91. The normalized spacial score (nSPS) is 10.3. The Bertz CT molecular complexity index is 615. The van der Waals surface area contributed by atoms with Gasteiger partial charge in [0.05, 0.1) is 0 Å². The Morgan fingerprint density at radius 2 is 1.84 bits per heavy atom. The first-order chi connectivity index (χ1) is 8.97. The molecule has 2 rings (SSSR count). The summed E-state index contributed by atoms with van der Waals surface area (Å²) in [7, 11) is 0. The molecule has 0 saturated carbocycles. The van der Waals surface area contributed by atoms with Crippen LogP contribution < -0.4 is 5.32 Å². The van der Waals surface area contributed by atoms with Crippen molar-refractivity contribution in [3.63, 3.8) is 0 Å². The molecule has 1 heterocycles. The van der Waals surface area contributed by atoms with Crippen LogP contribution in [-0.4, -0.2) is 15.9 Å². The van der Waals surface area contributed by atoms with Gasteiger partial charge in [0.15, 0.2) is 0 Å². The predicted octanol–water partition coefficient (Wildman–Crippen LogP) is 2.96. The van der Waals surface area contributed by atoms with Crippen LogP contribution in [0.5, 0.6) is 0 Å². The Hall–Kier alpha value is -2.23. The first-order valence-electron chi connectivity index (χ1n) is 6.17. The van der Waals surface area contributed by atoms with Gasteiger partial charge in [-0.05, 0) is 51.0 Å². The maximum Gasteiger partial charge on any atom is 0.274 e. The van der Waals surface area contributed by atoms with Crippen molar-refractivity contribution < 1.29 is 4.79 Å². The van der Waals surface area contributed by atoms with E-state index < -0.39 is 0 Å². The molecular formula is C15H17N3O. The van der Waals surface area contributed by atoms with Crippen molar-refractivity contribution in [3.8, 4) is 0 Å². The molecule has 0 spiro atoms. The lowest BCUT2D eigenvalue weighted by molar-refractivity contribution is 0.102. The quantitative estimate of drug-likeness (QED) is 0.897. The van der Waals surface area contributed by atoms with Crippen LogP contribution in [-0.2, 0) is 0 Å². The van der Waals surface area contributed by atoms with E-state index in [9.17, 15) is 4.79 Å². The first kappa shape index (κ1) is 13.2. The zero-order valence-corrected chi connectivity index (χ0v) is 11.6. The van der Waals surface area contributed by atoms with E-state index in [2.05, 4.69) is 15.3 Å². The Labute approximate surface area is 112 Å². The lowest BCUT2D eigenvalue weighted by Gasteiger charge is -2.10. The number of aryl methyl sites for hydroxylation is 3. The minimum Gasteiger partial charge on any atom is -0.320 e. The van der Waals surface area contributed by atoms with E-state index >= 15 is 0 Å². The van der Waals surface area contributed by atoms with E-state index in [1.54, 1.807) is 13.0 Å². The Balaban J connectivity index is 2.28. The molecule has 0 atom stereocenters. The highest BCUT2D eigenvalue weighted by Crippen LogP contribution is 2.18. The SMILES string of the molecule is Cc1cc(C(=O)Nc2cccc(C)c2C)nc(C)n1. The van der Waals surface area contributed by atoms with Crippen molar-refractivity contribution in [2.75, 3.05) is 5.32 Å². The zero-order valence-electron chi connectivity index (χ0n) is 11.6. The Morgan fingerprint density at radius 3 is 2.53 bits per heavy atom. The van der Waals surface area contributed by atoms with Gasteiger partial charge in [-0.25, -0.2) is 9.97 Å². The van der Waals surface area contributed by atoms with Gasteiger partial charge in [0, 0.05) is 11.4 Å². The molecule has 1 N–H and O–H groups in total. The van der Waals surface area contributed by atoms with Crippen molar-refractivity contribution in [2.24, 2.45) is 0 Å². The highest BCUT2D eigenvalue weighted by atomic mass is 16.1. The van der Waals surface area contributed by atoms with Crippen molar-refractivity contribution >= 4 is 11.6 Å². The van der Waals surface area contributed by atoms with E-state index in [1.807, 2.05) is 39.0 Å². The molecule has 1 amide bonds. The van der Waals surface area contributed by atoms with Crippen LogP contribution in [0.2, 0.25) is 0 Å². The molecule has 1 aromatic carbocycles. The third-order valence-electron chi connectivity index (χ3n) is 3.05. The molecule has 0 saturated heterocycles. The fraction of sp³-hybridized carbons (Fsp3) is 0.267. The smallest absolute Gasteiger partial charge is 0.274 e. The second-order valence-electron chi connectivity index (χ2n) is 4.64. The Morgan fingerprint density at radius 1 is 1.11 bits per heavy atom. The molecule has 0 aliphatic rings. The number of carbonyl (C=O) groups excluding carboxylic acids is 1. The molecule has 4 nitrogen and oxygen atoms in total. The maximum atomic E-state index is 12.2. The van der Waals surface area contributed by atoms with Gasteiger partial charge in [0.2, 0.25) is 0 Å². The van der Waals surface area contributed by atoms with Gasteiger partial charge in [-0.3, -0.25) is 4.79 Å². The number of hydrogen-bond acceptors (Lipinski definition) is 3. The molecule has 0 fully saturated rings. The third kappa shape index (κ3) is 2.96. The number of hydrogen-bond donors (Lipinski definition) is 1. The van der Waals surface area contributed by atoms with Gasteiger partial charge in [0.25, 0.3) is 5.91 Å². The van der Waals surface area contributed by atoms with Gasteiger partial charge < -0.3 is 5.32 Å². The second kappa shape index (κ2) is 5.18. The standard InChI is InChI=1S/C15H17N3O/c1-9-6-5-7-13(11(9)3)18-15(19)14-8-10(2)16-12(4)17-14/h5-8H,1-4H3,(H,18,19). The summed E-state index contributed by atoms with van der Waals surface area (Å²) < 4.78 is 0. The first-order valence-corrected chi connectivity index (χ1v) is 6.17. The number of nitrogens with one attached hydrogen (secondary N) is 1. The van der Waals surface area contributed by atoms with Crippen LogP contribution in [0.4, 0.5) is 5.69 Å². The van der Waals surface area contributed by atoms with Crippen LogP contribution in [0.15, 0.2) is 24.3 Å². The molecule has 0 aliphatic heterocycles. The molecule has 2 aromatic rings. The van der Waals surface area contributed by atoms with E-state index in [4.69, 9.17) is 0 Å². The summed E-state index contributed by atoms with van der Waals surface area (Å²) >= 11 is 0. The lowest BCUT2D eigenvalue weighted by Crippen LogP contribution is -2.16. The highest BCUT2D eigenvalue weighted by molar-refractivity contribution is 6.03. The number of anilines is 1. The minimum absolute atomic E-state index is 0.206. The summed E-state index contributed by atoms with van der Waals surface area (Å²) in [5.41, 5.74) is 4.22. The van der Waals surface area contributed by atoms with Crippen LogP contribution in [0.25, 0.3) is 0 Å². The lowest BCUT2D eigenvalue weighted by atomic mass is 10.1. The number of aromatic nitrogens is 2. The molecule has 4 heteroatoms. The molecule has 1 aromatic heterocycles. The molecule has 98 valence electrons. The van der Waals surface area contributed by atoms with E-state index in [0.29, 0.717) is 11.5 Å².